The van der Waals surface area contributed by atoms with E-state index in [1.807, 2.05) is 0 Å². The number of likely N-dealkylation sites (N-methyl/N-ethyl adjacent to an activating group) is 1. The number of ether oxygens (including phenoxy) is 5. The van der Waals surface area contributed by atoms with Crippen LogP contribution in [-0.4, -0.2) is 119 Å². The van der Waals surface area contributed by atoms with Crippen LogP contribution < -0.4 is 0 Å². The Bertz CT molecular complexity index is 970. The molecule has 0 fully saturated rings. The Morgan fingerprint density at radius 1 is 0.538 bits per heavy atom. The average molecular weight is 1040 g/mol. The van der Waals surface area contributed by atoms with Gasteiger partial charge < -0.3 is 39.4 Å². The van der Waals surface area contributed by atoms with Crippen LogP contribution in [0.25, 0.3) is 5.73 Å². The molecule has 2 N–H and O–H groups in total. The second-order valence-electron chi connectivity index (χ2n) is 18.8. The zero-order chi connectivity index (χ0) is 47.7. The molecule has 0 aliphatic carbocycles. The van der Waals surface area contributed by atoms with Gasteiger partial charge in [0.2, 0.25) is 0 Å². The van der Waals surface area contributed by atoms with Crippen LogP contribution in [0.2, 0.25) is 0 Å². The molecule has 0 aromatic heterocycles. The number of nitrogens with zero attached hydrogens (tertiary/aromatic N) is 1. The SMILES string of the molecule is CC(C)CCCC(C)CCOC(=O)CCCCCCCCCOCC(C[NH-])OCCCCCCCCC(=O)OCCC(C)CCCC(C)C.CCN(CC)CCOCCSSCCO.[Y]. The van der Waals surface area contributed by atoms with Crippen LogP contribution in [-0.2, 0) is 66.0 Å². The average Bonchev–Trinajstić information content (AvgIpc) is 3.26. The summed E-state index contributed by atoms with van der Waals surface area (Å²) in [4.78, 5) is 26.3. The Morgan fingerprint density at radius 2 is 1.00 bits per heavy atom. The summed E-state index contributed by atoms with van der Waals surface area (Å²) >= 11 is 0. The van der Waals surface area contributed by atoms with Gasteiger partial charge in [-0.25, -0.2) is 0 Å². The summed E-state index contributed by atoms with van der Waals surface area (Å²) in [5, 5.41) is 8.55. The topological polar surface area (TPSA) is 128 Å². The van der Waals surface area contributed by atoms with E-state index in [0.29, 0.717) is 51.1 Å². The van der Waals surface area contributed by atoms with E-state index >= 15 is 0 Å². The van der Waals surface area contributed by atoms with Gasteiger partial charge in [0.05, 0.1) is 45.7 Å². The molecule has 0 saturated heterocycles. The second-order valence-corrected chi connectivity index (χ2v) is 21.5. The molecular formula is C52H105N2O8S2Y-. The number of aliphatic hydroxyl groups excluding tert-OH is 1. The number of nitrogens with one attached hydrogen (secondary N) is 1. The number of esters is 2. The van der Waals surface area contributed by atoms with Crippen molar-refractivity contribution in [3.8, 4) is 0 Å². The molecule has 3 atom stereocenters. The Balaban J connectivity index is -0.00000203. The van der Waals surface area contributed by atoms with Crippen LogP contribution >= 0.6 is 21.6 Å². The third-order valence-electron chi connectivity index (χ3n) is 11.5. The monoisotopic (exact) mass is 1040 g/mol. The minimum Gasteiger partial charge on any atom is -0.675 e. The quantitative estimate of drug-likeness (QED) is 0.0355. The fraction of sp³-hybridized carbons (Fsp3) is 0.962. The third-order valence-corrected chi connectivity index (χ3v) is 13.9. The van der Waals surface area contributed by atoms with Crippen LogP contribution in [0, 0.1) is 23.7 Å². The Hall–Kier alpha value is 0.504. The summed E-state index contributed by atoms with van der Waals surface area (Å²) < 4.78 is 28.1. The van der Waals surface area contributed by atoms with Crippen molar-refractivity contribution in [2.75, 3.05) is 90.5 Å². The first-order valence-electron chi connectivity index (χ1n) is 26.3. The van der Waals surface area contributed by atoms with Gasteiger partial charge in [-0.05, 0) is 75.3 Å². The summed E-state index contributed by atoms with van der Waals surface area (Å²) in [6.07, 6.45) is 24.6. The minimum absolute atomic E-state index is 0. The van der Waals surface area contributed by atoms with Gasteiger partial charge in [-0.1, -0.05) is 173 Å². The molecule has 3 unspecified atom stereocenters. The van der Waals surface area contributed by atoms with Crippen molar-refractivity contribution >= 4 is 33.5 Å². The maximum Gasteiger partial charge on any atom is 0.305 e. The van der Waals surface area contributed by atoms with Crippen LogP contribution in [0.15, 0.2) is 0 Å². The Kier molecular flexibility index (Phi) is 59.5. The van der Waals surface area contributed by atoms with Gasteiger partial charge >= 0.3 is 11.9 Å². The van der Waals surface area contributed by atoms with Gasteiger partial charge in [-0.3, -0.25) is 9.59 Å². The molecule has 10 nitrogen and oxygen atoms in total. The van der Waals surface area contributed by atoms with Crippen LogP contribution in [0.1, 0.15) is 203 Å². The maximum absolute atomic E-state index is 12.0. The van der Waals surface area contributed by atoms with E-state index in [4.69, 9.17) is 34.5 Å². The number of carbonyl (C=O) groups is 2. The predicted molar refractivity (Wildman–Crippen MR) is 276 cm³/mol. The van der Waals surface area contributed by atoms with Crippen molar-refractivity contribution in [2.24, 2.45) is 23.7 Å². The van der Waals surface area contributed by atoms with E-state index in [2.05, 4.69) is 60.3 Å². The number of hydrogen-bond acceptors (Lipinski definition) is 11. The van der Waals surface area contributed by atoms with E-state index in [1.165, 1.54) is 57.8 Å². The first-order chi connectivity index (χ1) is 31.0. The van der Waals surface area contributed by atoms with Crippen molar-refractivity contribution < 1.29 is 71.1 Å². The molecule has 0 rings (SSSR count). The molecule has 13 heteroatoms. The molecule has 0 aliphatic rings. The number of carbonyl (C=O) groups excluding carboxylic acids is 2. The van der Waals surface area contributed by atoms with E-state index in [-0.39, 0.29) is 63.9 Å². The first-order valence-corrected chi connectivity index (χ1v) is 28.8. The molecule has 387 valence electrons. The van der Waals surface area contributed by atoms with Crippen LogP contribution in [0.5, 0.6) is 0 Å². The van der Waals surface area contributed by atoms with E-state index in [9.17, 15) is 9.59 Å². The van der Waals surface area contributed by atoms with E-state index in [0.717, 1.165) is 140 Å². The van der Waals surface area contributed by atoms with Gasteiger partial charge in [0.15, 0.2) is 0 Å². The summed E-state index contributed by atoms with van der Waals surface area (Å²) in [6.45, 7) is 26.4. The number of aliphatic hydroxyl groups is 1. The van der Waals surface area contributed by atoms with E-state index in [1.54, 1.807) is 21.6 Å². The molecule has 0 aliphatic heterocycles. The number of rotatable bonds is 48. The molecule has 1 radical (unpaired) electrons. The standard InChI is InChI=1S/C42H82NO6.C10H23NO2S2.Y/c1-36(2)22-20-24-38(5)28-32-48-41(44)26-16-12-8-7-10-14-18-30-46-35-40(34-43)47-31-19-15-11-9-13-17-27-42(45)49-33-29-39(6)25-21-23-37(3)4;1-3-11(4-2)5-7-13-8-10-15-14-9-6-12;/h36-40,43H,7-35H2,1-6H3;12H,3-10H2,1-2H3;/q-1;;. The number of unbranched alkanes of at least 4 members (excludes halogenated alkanes) is 11. The zero-order valence-electron chi connectivity index (χ0n) is 43.7. The molecule has 0 bridgehead atoms. The fourth-order valence-corrected chi connectivity index (χ4v) is 8.71. The molecule has 0 heterocycles. The van der Waals surface area contributed by atoms with Crippen molar-refractivity contribution in [1.29, 1.82) is 0 Å². The van der Waals surface area contributed by atoms with Crippen LogP contribution in [0.4, 0.5) is 0 Å². The maximum atomic E-state index is 12.0. The van der Waals surface area contributed by atoms with Crippen molar-refractivity contribution in [2.45, 2.75) is 209 Å². The molecule has 0 aromatic rings. The summed E-state index contributed by atoms with van der Waals surface area (Å²) in [7, 11) is 3.47. The summed E-state index contributed by atoms with van der Waals surface area (Å²) in [6, 6.07) is 0. The van der Waals surface area contributed by atoms with Crippen molar-refractivity contribution in [1.82, 2.24) is 4.90 Å². The minimum atomic E-state index is -0.140. The largest absolute Gasteiger partial charge is 0.675 e. The molecule has 0 spiro atoms. The van der Waals surface area contributed by atoms with E-state index < -0.39 is 0 Å². The predicted octanol–water partition coefficient (Wildman–Crippen LogP) is 13.8. The van der Waals surface area contributed by atoms with Gasteiger partial charge in [0, 0.05) is 76.8 Å². The number of hydrogen-bond donors (Lipinski definition) is 1. The van der Waals surface area contributed by atoms with Crippen molar-refractivity contribution in [3.63, 3.8) is 0 Å². The Morgan fingerprint density at radius 3 is 1.46 bits per heavy atom. The summed E-state index contributed by atoms with van der Waals surface area (Å²) in [5.74, 6) is 4.53. The Labute approximate surface area is 435 Å². The molecule has 0 amide bonds. The third kappa shape index (κ3) is 57.0. The normalized spacial score (nSPS) is 12.8. The summed E-state index contributed by atoms with van der Waals surface area (Å²) in [5.41, 5.74) is 7.76. The van der Waals surface area contributed by atoms with Gasteiger partial charge in [-0.15, -0.1) is 6.54 Å². The molecule has 0 aromatic carbocycles. The smallest absolute Gasteiger partial charge is 0.305 e. The zero-order valence-corrected chi connectivity index (χ0v) is 48.2. The first kappa shape index (κ1) is 69.8. The van der Waals surface area contributed by atoms with Gasteiger partial charge in [0.1, 0.15) is 0 Å². The van der Waals surface area contributed by atoms with Gasteiger partial charge in [-0.2, -0.15) is 0 Å². The molecule has 0 saturated carbocycles. The van der Waals surface area contributed by atoms with Gasteiger partial charge in [0.25, 0.3) is 0 Å². The second kappa shape index (κ2) is 55.4. The van der Waals surface area contributed by atoms with Crippen LogP contribution in [0.3, 0.4) is 0 Å². The molecular weight excluding hydrogens is 934 g/mol. The molecule has 65 heavy (non-hydrogen) atoms. The van der Waals surface area contributed by atoms with Crippen molar-refractivity contribution in [3.05, 3.63) is 5.73 Å². The fourth-order valence-electron chi connectivity index (χ4n) is 7.08.